The van der Waals surface area contributed by atoms with Gasteiger partial charge in [0, 0.05) is 10.9 Å². The topological polar surface area (TPSA) is 95.3 Å². The Morgan fingerprint density at radius 2 is 2.03 bits per heavy atom. The quantitative estimate of drug-likeness (QED) is 0.560. The number of aromatic nitrogens is 3. The van der Waals surface area contributed by atoms with Crippen molar-refractivity contribution < 1.29 is 14.3 Å². The second kappa shape index (κ2) is 7.02. The van der Waals surface area contributed by atoms with E-state index in [2.05, 4.69) is 15.3 Å². The molecule has 2 aromatic heterocycles. The summed E-state index contributed by atoms with van der Waals surface area (Å²) in [6, 6.07) is 12.6. The van der Waals surface area contributed by atoms with Crippen LogP contribution in [0.15, 0.2) is 59.0 Å². The molecule has 9 heteroatoms. The lowest BCUT2D eigenvalue weighted by atomic mass is 10.1. The fraction of sp³-hybridized carbons (Fsp3) is 0.100. The molecule has 2 aromatic carbocycles. The van der Waals surface area contributed by atoms with E-state index in [0.717, 1.165) is 5.56 Å². The third-order valence-electron chi connectivity index (χ3n) is 4.46. The predicted octanol–water partition coefficient (Wildman–Crippen LogP) is 2.89. The van der Waals surface area contributed by atoms with Crippen LogP contribution < -0.4 is 20.3 Å². The lowest BCUT2D eigenvalue weighted by Gasteiger charge is -2.06. The molecular formula is C20H14N4O4S. The molecule has 4 aromatic rings. The first-order valence-electron chi connectivity index (χ1n) is 8.77. The summed E-state index contributed by atoms with van der Waals surface area (Å²) in [6.07, 6.45) is 1.38. The zero-order valence-electron chi connectivity index (χ0n) is 15.0. The van der Waals surface area contributed by atoms with Gasteiger partial charge in [-0.25, -0.2) is 9.97 Å². The van der Waals surface area contributed by atoms with E-state index < -0.39 is 0 Å². The van der Waals surface area contributed by atoms with Gasteiger partial charge in [-0.2, -0.15) is 0 Å². The number of benzene rings is 2. The Hall–Kier alpha value is -3.72. The van der Waals surface area contributed by atoms with Crippen LogP contribution >= 0.6 is 11.3 Å². The maximum absolute atomic E-state index is 12.5. The number of ether oxygens (including phenoxy) is 2. The van der Waals surface area contributed by atoms with E-state index in [0.29, 0.717) is 33.2 Å². The lowest BCUT2D eigenvalue weighted by Crippen LogP contribution is -2.27. The predicted molar refractivity (Wildman–Crippen MR) is 108 cm³/mol. The van der Waals surface area contributed by atoms with Crippen molar-refractivity contribution in [3.05, 3.63) is 64.5 Å². The zero-order valence-corrected chi connectivity index (χ0v) is 15.8. The Labute approximate surface area is 168 Å². The number of nitrogens with one attached hydrogen (secondary N) is 1. The Morgan fingerprint density at radius 1 is 1.17 bits per heavy atom. The van der Waals surface area contributed by atoms with Crippen LogP contribution in [0.2, 0.25) is 0 Å². The van der Waals surface area contributed by atoms with Crippen molar-refractivity contribution in [2.75, 3.05) is 12.1 Å². The number of para-hydroxylation sites is 1. The molecule has 1 aliphatic heterocycles. The van der Waals surface area contributed by atoms with Crippen molar-refractivity contribution in [2.45, 2.75) is 6.54 Å². The van der Waals surface area contributed by atoms with Crippen LogP contribution in [0, 0.1) is 0 Å². The summed E-state index contributed by atoms with van der Waals surface area (Å²) in [7, 11) is 0. The molecule has 0 unspecified atom stereocenters. The Morgan fingerprint density at radius 3 is 2.97 bits per heavy atom. The first kappa shape index (κ1) is 17.4. The first-order valence-corrected chi connectivity index (χ1v) is 9.65. The van der Waals surface area contributed by atoms with Crippen molar-refractivity contribution in [2.24, 2.45) is 0 Å². The second-order valence-corrected chi connectivity index (χ2v) is 7.21. The molecular weight excluding hydrogens is 392 g/mol. The molecule has 144 valence electrons. The molecule has 0 radical (unpaired) electrons. The highest BCUT2D eigenvalue weighted by molar-refractivity contribution is 7.14. The number of carbonyl (C=O) groups excluding carboxylic acids is 1. The van der Waals surface area contributed by atoms with E-state index in [1.165, 1.54) is 22.2 Å². The van der Waals surface area contributed by atoms with Crippen LogP contribution in [0.25, 0.3) is 22.2 Å². The van der Waals surface area contributed by atoms with Gasteiger partial charge >= 0.3 is 0 Å². The lowest BCUT2D eigenvalue weighted by molar-refractivity contribution is -0.116. The zero-order chi connectivity index (χ0) is 19.8. The summed E-state index contributed by atoms with van der Waals surface area (Å²) in [5, 5.41) is 5.50. The average molecular weight is 406 g/mol. The third kappa shape index (κ3) is 3.32. The SMILES string of the molecule is O=C(Cn1cnc2ccccc2c1=O)Nc1nc(-c2ccc3c(c2)OCO3)cs1. The molecule has 0 saturated heterocycles. The van der Waals surface area contributed by atoms with E-state index in [1.54, 1.807) is 18.2 Å². The fourth-order valence-electron chi connectivity index (χ4n) is 3.05. The first-order chi connectivity index (χ1) is 14.2. The molecule has 0 saturated carbocycles. The molecule has 0 bridgehead atoms. The summed E-state index contributed by atoms with van der Waals surface area (Å²) < 4.78 is 12.0. The van der Waals surface area contributed by atoms with Gasteiger partial charge < -0.3 is 14.8 Å². The molecule has 5 rings (SSSR count). The van der Waals surface area contributed by atoms with E-state index >= 15 is 0 Å². The summed E-state index contributed by atoms with van der Waals surface area (Å²) in [5.41, 5.74) is 1.92. The van der Waals surface area contributed by atoms with Gasteiger partial charge in [-0.1, -0.05) is 12.1 Å². The maximum Gasteiger partial charge on any atom is 0.261 e. The smallest absolute Gasteiger partial charge is 0.261 e. The van der Waals surface area contributed by atoms with Crippen LogP contribution in [0.1, 0.15) is 0 Å². The van der Waals surface area contributed by atoms with E-state index in [9.17, 15) is 9.59 Å². The molecule has 1 N–H and O–H groups in total. The minimum absolute atomic E-state index is 0.143. The number of anilines is 1. The number of amides is 1. The van der Waals surface area contributed by atoms with Gasteiger partial charge in [-0.3, -0.25) is 14.2 Å². The number of carbonyl (C=O) groups is 1. The van der Waals surface area contributed by atoms with Crippen LogP contribution in [-0.2, 0) is 11.3 Å². The summed E-state index contributed by atoms with van der Waals surface area (Å²) in [5.74, 6) is 1.02. The van der Waals surface area contributed by atoms with Gasteiger partial charge in [0.05, 0.1) is 22.9 Å². The standard InChI is InChI=1S/C20H14N4O4S/c25-18(8-24-10-21-14-4-2-1-3-13(14)19(24)26)23-20-22-15(9-29-20)12-5-6-16-17(7-12)28-11-27-16/h1-7,9-10H,8,11H2,(H,22,23,25). The maximum atomic E-state index is 12.5. The number of fused-ring (bicyclic) bond motifs is 2. The Balaban J connectivity index is 1.32. The van der Waals surface area contributed by atoms with E-state index in [1.807, 2.05) is 29.6 Å². The number of hydrogen-bond acceptors (Lipinski definition) is 7. The Kier molecular flexibility index (Phi) is 4.21. The highest BCUT2D eigenvalue weighted by atomic mass is 32.1. The molecule has 0 atom stereocenters. The van der Waals surface area contributed by atoms with Crippen molar-refractivity contribution in [3.63, 3.8) is 0 Å². The number of rotatable bonds is 4. The van der Waals surface area contributed by atoms with Crippen molar-refractivity contribution in [3.8, 4) is 22.8 Å². The van der Waals surface area contributed by atoms with Gasteiger partial charge in [-0.15, -0.1) is 11.3 Å². The molecule has 29 heavy (non-hydrogen) atoms. The third-order valence-corrected chi connectivity index (χ3v) is 5.22. The number of nitrogens with zero attached hydrogens (tertiary/aromatic N) is 3. The summed E-state index contributed by atoms with van der Waals surface area (Å²) >= 11 is 1.31. The molecule has 8 nitrogen and oxygen atoms in total. The molecule has 1 aliphatic rings. The average Bonchev–Trinajstić information content (AvgIpc) is 3.39. The monoisotopic (exact) mass is 406 g/mol. The molecule has 0 fully saturated rings. The van der Waals surface area contributed by atoms with Crippen LogP contribution in [-0.4, -0.2) is 27.2 Å². The normalized spacial score (nSPS) is 12.3. The number of hydrogen-bond donors (Lipinski definition) is 1. The number of thiazole rings is 1. The van der Waals surface area contributed by atoms with Crippen LogP contribution in [0.5, 0.6) is 11.5 Å². The molecule has 0 spiro atoms. The molecule has 0 aliphatic carbocycles. The van der Waals surface area contributed by atoms with Gasteiger partial charge in [0.25, 0.3) is 5.56 Å². The van der Waals surface area contributed by atoms with Crippen molar-refractivity contribution in [1.29, 1.82) is 0 Å². The minimum atomic E-state index is -0.351. The van der Waals surface area contributed by atoms with Crippen LogP contribution in [0.3, 0.4) is 0 Å². The second-order valence-electron chi connectivity index (χ2n) is 6.35. The highest BCUT2D eigenvalue weighted by Crippen LogP contribution is 2.36. The van der Waals surface area contributed by atoms with Crippen LogP contribution in [0.4, 0.5) is 5.13 Å². The highest BCUT2D eigenvalue weighted by Gasteiger charge is 2.16. The van der Waals surface area contributed by atoms with Crippen molar-refractivity contribution >= 4 is 33.3 Å². The fourth-order valence-corrected chi connectivity index (χ4v) is 3.79. The van der Waals surface area contributed by atoms with E-state index in [-0.39, 0.29) is 24.8 Å². The van der Waals surface area contributed by atoms with Gasteiger partial charge in [0.15, 0.2) is 16.6 Å². The van der Waals surface area contributed by atoms with Gasteiger partial charge in [0.2, 0.25) is 12.7 Å². The minimum Gasteiger partial charge on any atom is -0.454 e. The van der Waals surface area contributed by atoms with Gasteiger partial charge in [-0.05, 0) is 30.3 Å². The molecule has 3 heterocycles. The van der Waals surface area contributed by atoms with Crippen molar-refractivity contribution in [1.82, 2.24) is 14.5 Å². The Bertz CT molecular complexity index is 1300. The van der Waals surface area contributed by atoms with Gasteiger partial charge in [0.1, 0.15) is 6.54 Å². The summed E-state index contributed by atoms with van der Waals surface area (Å²) in [6.45, 7) is 0.0652. The summed E-state index contributed by atoms with van der Waals surface area (Å²) in [4.78, 5) is 33.6. The molecule has 1 amide bonds. The largest absolute Gasteiger partial charge is 0.454 e. The van der Waals surface area contributed by atoms with E-state index in [4.69, 9.17) is 9.47 Å².